The van der Waals surface area contributed by atoms with Gasteiger partial charge in [-0.3, -0.25) is 4.90 Å². The number of amides is 1. The predicted molar refractivity (Wildman–Crippen MR) is 335 cm³/mol. The normalized spacial score (nSPS) is 31.6. The molecule has 4 aliphatic rings. The lowest BCUT2D eigenvalue weighted by Gasteiger charge is -2.51. The van der Waals surface area contributed by atoms with Crippen LogP contribution in [0.2, 0.25) is 0 Å². The van der Waals surface area contributed by atoms with E-state index in [0.717, 1.165) is 22.3 Å². The van der Waals surface area contributed by atoms with Gasteiger partial charge in [0.25, 0.3) is 0 Å². The molecule has 1 amide bonds. The van der Waals surface area contributed by atoms with Crippen molar-refractivity contribution in [1.29, 1.82) is 0 Å². The van der Waals surface area contributed by atoms with Crippen LogP contribution < -0.4 is 0 Å². The zero-order chi connectivity index (χ0) is 64.0. The molecule has 4 fully saturated rings. The highest BCUT2D eigenvalue weighted by atomic mass is 16.8. The van der Waals surface area contributed by atoms with Crippen molar-refractivity contribution >= 4 is 18.0 Å². The van der Waals surface area contributed by atoms with E-state index in [2.05, 4.69) is 13.8 Å². The number of aliphatic hydroxyl groups is 1. The van der Waals surface area contributed by atoms with Crippen molar-refractivity contribution in [3.05, 3.63) is 215 Å². The van der Waals surface area contributed by atoms with Crippen molar-refractivity contribution in [3.63, 3.8) is 0 Å². The quantitative estimate of drug-likeness (QED) is 0.0341. The van der Waals surface area contributed by atoms with Gasteiger partial charge in [-0.25, -0.2) is 14.4 Å². The van der Waals surface area contributed by atoms with E-state index in [4.69, 9.17) is 61.6 Å². The number of carbonyl (C=O) groups excluding carboxylic acids is 3. The molecule has 0 aliphatic carbocycles. The summed E-state index contributed by atoms with van der Waals surface area (Å²) in [5.74, 6) is -2.88. The third-order valence-electron chi connectivity index (χ3n) is 18.2. The first-order valence-corrected chi connectivity index (χ1v) is 31.8. The third-order valence-corrected chi connectivity index (χ3v) is 18.2. The fourth-order valence-electron chi connectivity index (χ4n) is 12.1. The lowest BCUT2D eigenvalue weighted by molar-refractivity contribution is -0.376. The molecule has 91 heavy (non-hydrogen) atoms. The number of nitrogens with zero attached hydrogens (tertiary/aromatic N) is 1. The molecular formula is C73H87NO17. The standard InChI is InChI=1S/C73H87NO17/c1-45-46(2)64(80-41-55-31-19-11-20-32-55)71(85-50(45)6)89-61-49(5)65(87-67(76)57-35-23-13-24-36-57)72(86-59(61)43-79-40-54-29-17-10-18-30-54)90-62-47(3)51(7)83-69(60(62)75)91-63-48(4)52(8)84-70(66(63)88-68(77)58-37-25-14-26-38-58)82-44-74(39-53-27-15-9-16-28-53)73(78)81-42-56-33-21-12-22-34-56/h9-38,45-52,59-66,69-72,75H,39-44H2,1-8H3/t45-,46+,47+,48+,49+,50?,51?,52?,59?,60?,61+,62+,63+,64?,65?,66?,69+,70-,71-,72+/m1/s1. The Bertz CT molecular complexity index is 3170. The predicted octanol–water partition coefficient (Wildman–Crippen LogP) is 11.7. The van der Waals surface area contributed by atoms with E-state index in [1.807, 2.05) is 169 Å². The van der Waals surface area contributed by atoms with Crippen molar-refractivity contribution in [3.8, 4) is 0 Å². The SMILES string of the molecule is CC1O[C@H](O[C@@H]2C(COCc3ccccc3)O[C@@H](O[C@@H]3C(O)[C@H](O[C@@H]4C(OC(=O)c5ccccc5)[C@H](OCN(Cc5ccccc5)C(=O)OCc5ccccc5)OC(C)[C@@H]4C)OC(C)[C@@H]3C)C(OC(=O)c3ccccc3)[C@H]2C)C(OCc2ccccc2)[C@@H](C)[C@H]1C. The molecule has 0 bridgehead atoms. The van der Waals surface area contributed by atoms with Gasteiger partial charge in [0.2, 0.25) is 0 Å². The van der Waals surface area contributed by atoms with Crippen molar-refractivity contribution in [2.75, 3.05) is 13.3 Å². The Labute approximate surface area is 534 Å². The Morgan fingerprint density at radius 2 is 0.846 bits per heavy atom. The molecule has 10 rings (SSSR count). The molecule has 0 spiro atoms. The number of esters is 2. The van der Waals surface area contributed by atoms with Crippen LogP contribution in [0.4, 0.5) is 4.79 Å². The van der Waals surface area contributed by atoms with Gasteiger partial charge in [-0.2, -0.15) is 0 Å². The molecule has 8 unspecified atom stereocenters. The maximum absolute atomic E-state index is 14.4. The van der Waals surface area contributed by atoms with Gasteiger partial charge >= 0.3 is 18.0 Å². The molecule has 18 heteroatoms. The fraction of sp³-hybridized carbons (Fsp3) is 0.466. The van der Waals surface area contributed by atoms with E-state index in [-0.39, 0.29) is 56.6 Å². The summed E-state index contributed by atoms with van der Waals surface area (Å²) in [6.07, 6.45) is -15.3. The Kier molecular flexibility index (Phi) is 23.6. The van der Waals surface area contributed by atoms with E-state index < -0.39 is 122 Å². The largest absolute Gasteiger partial charge is 0.453 e. The van der Waals surface area contributed by atoms with Crippen molar-refractivity contribution in [2.24, 2.45) is 29.6 Å². The van der Waals surface area contributed by atoms with E-state index in [0.29, 0.717) is 12.2 Å². The summed E-state index contributed by atoms with van der Waals surface area (Å²) in [4.78, 5) is 44.0. The average molecular weight is 1250 g/mol. The van der Waals surface area contributed by atoms with Gasteiger partial charge in [0.05, 0.1) is 68.0 Å². The maximum atomic E-state index is 14.4. The number of aliphatic hydroxyl groups excluding tert-OH is 1. The van der Waals surface area contributed by atoms with E-state index in [9.17, 15) is 19.5 Å². The van der Waals surface area contributed by atoms with Crippen LogP contribution in [-0.4, -0.2) is 134 Å². The molecule has 4 saturated heterocycles. The van der Waals surface area contributed by atoms with E-state index >= 15 is 0 Å². The monoisotopic (exact) mass is 1250 g/mol. The minimum absolute atomic E-state index is 0.00913. The smallest absolute Gasteiger partial charge is 0.412 e. The zero-order valence-electron chi connectivity index (χ0n) is 53.0. The highest BCUT2D eigenvalue weighted by molar-refractivity contribution is 5.90. The van der Waals surface area contributed by atoms with Crippen LogP contribution in [0, 0.1) is 29.6 Å². The van der Waals surface area contributed by atoms with Gasteiger partial charge in [-0.1, -0.05) is 192 Å². The summed E-state index contributed by atoms with van der Waals surface area (Å²) < 4.78 is 86.7. The molecule has 486 valence electrons. The van der Waals surface area contributed by atoms with E-state index in [1.165, 1.54) is 4.90 Å². The summed E-state index contributed by atoms with van der Waals surface area (Å²) in [6, 6.07) is 55.6. The Hall–Kier alpha value is -6.91. The first-order chi connectivity index (χ1) is 44.1. The molecule has 18 nitrogen and oxygen atoms in total. The molecule has 6 aromatic rings. The average Bonchev–Trinajstić information content (AvgIpc) is 1.16. The highest BCUT2D eigenvalue weighted by Crippen LogP contribution is 2.42. The molecule has 0 radical (unpaired) electrons. The second kappa shape index (κ2) is 32.1. The van der Waals surface area contributed by atoms with Gasteiger partial charge in [0, 0.05) is 17.8 Å². The summed E-state index contributed by atoms with van der Waals surface area (Å²) >= 11 is 0. The van der Waals surface area contributed by atoms with Gasteiger partial charge < -0.3 is 66.7 Å². The van der Waals surface area contributed by atoms with Gasteiger partial charge in [-0.05, 0) is 79.1 Å². The number of rotatable bonds is 24. The Balaban J connectivity index is 0.935. The van der Waals surface area contributed by atoms with Crippen molar-refractivity contribution in [2.45, 2.75) is 174 Å². The highest BCUT2D eigenvalue weighted by Gasteiger charge is 2.55. The first-order valence-electron chi connectivity index (χ1n) is 31.8. The van der Waals surface area contributed by atoms with Gasteiger partial charge in [0.1, 0.15) is 37.8 Å². The number of hydrogen-bond acceptors (Lipinski definition) is 17. The van der Waals surface area contributed by atoms with Crippen LogP contribution in [0.25, 0.3) is 0 Å². The molecule has 20 atom stereocenters. The van der Waals surface area contributed by atoms with Crippen LogP contribution in [0.1, 0.15) is 98.4 Å². The Morgan fingerprint density at radius 3 is 1.42 bits per heavy atom. The summed E-state index contributed by atoms with van der Waals surface area (Å²) in [7, 11) is 0. The summed E-state index contributed by atoms with van der Waals surface area (Å²) in [6.45, 7) is 16.1. The molecule has 0 saturated carbocycles. The summed E-state index contributed by atoms with van der Waals surface area (Å²) in [5, 5.41) is 12.9. The Morgan fingerprint density at radius 1 is 0.407 bits per heavy atom. The van der Waals surface area contributed by atoms with Gasteiger partial charge in [-0.15, -0.1) is 0 Å². The number of carbonyl (C=O) groups is 3. The minimum atomic E-state index is -1.53. The molecule has 0 aromatic heterocycles. The molecular weight excluding hydrogens is 1160 g/mol. The second-order valence-corrected chi connectivity index (χ2v) is 24.5. The number of hydrogen-bond donors (Lipinski definition) is 1. The van der Waals surface area contributed by atoms with Gasteiger partial charge in [0.15, 0.2) is 37.4 Å². The summed E-state index contributed by atoms with van der Waals surface area (Å²) in [5.41, 5.74) is 4.12. The molecule has 6 aromatic carbocycles. The van der Waals surface area contributed by atoms with Crippen LogP contribution in [0.15, 0.2) is 182 Å². The third kappa shape index (κ3) is 17.2. The number of benzene rings is 6. The lowest BCUT2D eigenvalue weighted by Crippen LogP contribution is -2.64. The van der Waals surface area contributed by atoms with Crippen LogP contribution in [0.5, 0.6) is 0 Å². The minimum Gasteiger partial charge on any atom is -0.453 e. The topological polar surface area (TPSA) is 195 Å². The van der Waals surface area contributed by atoms with Crippen molar-refractivity contribution < 1.29 is 81.1 Å². The molecule has 1 N–H and O–H groups in total. The molecule has 4 heterocycles. The number of ether oxygens (including phenoxy) is 13. The van der Waals surface area contributed by atoms with Crippen LogP contribution in [0.3, 0.4) is 0 Å². The first kappa shape index (κ1) is 67.0. The fourth-order valence-corrected chi connectivity index (χ4v) is 12.1. The molecule has 4 aliphatic heterocycles. The van der Waals surface area contributed by atoms with Crippen molar-refractivity contribution in [1.82, 2.24) is 4.90 Å². The van der Waals surface area contributed by atoms with Crippen LogP contribution >= 0.6 is 0 Å². The lowest BCUT2D eigenvalue weighted by atomic mass is 9.83. The van der Waals surface area contributed by atoms with E-state index in [1.54, 1.807) is 54.6 Å². The van der Waals surface area contributed by atoms with Crippen LogP contribution in [-0.2, 0) is 87.9 Å². The zero-order valence-corrected chi connectivity index (χ0v) is 53.0. The maximum Gasteiger partial charge on any atom is 0.412 e. The second-order valence-electron chi connectivity index (χ2n) is 24.5.